The monoisotopic (exact) mass is 540 g/mol. The van der Waals surface area contributed by atoms with Crippen molar-refractivity contribution in [3.05, 3.63) is 23.8 Å². The third-order valence-corrected chi connectivity index (χ3v) is 17.2. The van der Waals surface area contributed by atoms with Gasteiger partial charge in [0.15, 0.2) is 14.1 Å². The molecule has 38 heavy (non-hydrogen) atoms. The molecule has 4 fully saturated rings. The largest absolute Gasteiger partial charge is 0.407 e. The molecule has 3 heteroatoms. The maximum atomic E-state index is 13.8. The summed E-state index contributed by atoms with van der Waals surface area (Å²) in [6.07, 6.45) is 16.1. The van der Waals surface area contributed by atoms with Gasteiger partial charge in [-0.15, -0.1) is 0 Å². The zero-order valence-electron chi connectivity index (χ0n) is 27.0. The highest BCUT2D eigenvalue weighted by atomic mass is 28.4. The molecule has 4 saturated carbocycles. The summed E-state index contributed by atoms with van der Waals surface area (Å²) in [6.45, 7) is 28.3. The molecule has 4 aliphatic rings. The van der Waals surface area contributed by atoms with E-state index in [1.54, 1.807) is 5.57 Å². The number of hydrogen-bond donors (Lipinski definition) is 0. The van der Waals surface area contributed by atoms with Gasteiger partial charge in [-0.05, 0) is 109 Å². The van der Waals surface area contributed by atoms with Crippen LogP contribution in [0.2, 0.25) is 18.1 Å². The summed E-state index contributed by atoms with van der Waals surface area (Å²) in [7, 11) is -1.94. The van der Waals surface area contributed by atoms with Crippen molar-refractivity contribution in [3.8, 4) is 0 Å². The fourth-order valence-corrected chi connectivity index (χ4v) is 9.67. The first-order valence-corrected chi connectivity index (χ1v) is 18.9. The lowest BCUT2D eigenvalue weighted by molar-refractivity contribution is -0.130. The SMILES string of the molecule is C[C@H](/C=C/[C@H](C)C(C)(C)C)[C@H]1CC[C@H]2/C(=C/[C@@H](C)[C@]34CC3C[C@H](O[Si](C)(C)C(C)(C)C)C4=O)CCC[C@]12C. The van der Waals surface area contributed by atoms with Crippen molar-refractivity contribution in [1.29, 1.82) is 0 Å². The quantitative estimate of drug-likeness (QED) is 0.237. The number of rotatable bonds is 7. The highest BCUT2D eigenvalue weighted by Crippen LogP contribution is 2.67. The first-order valence-electron chi connectivity index (χ1n) is 16.0. The number of allylic oxidation sites excluding steroid dienone is 4. The maximum Gasteiger partial charge on any atom is 0.193 e. The molecule has 0 spiro atoms. The third-order valence-electron chi connectivity index (χ3n) is 12.7. The number of Topliss-reactive ketones (excluding diaryl/α,β-unsaturated/α-hetero) is 1. The number of hydrogen-bond acceptors (Lipinski definition) is 2. The standard InChI is InChI=1S/C35H60O2Si/c1-23(15-16-24(2)32(4,5)6)28-17-18-29-26(14-13-19-34(28,29)10)20-25(3)35-22-27(35)21-30(31(35)36)37-38(11,12)33(7,8)9/h15-16,20,23-25,27-30H,13-14,17-19,21-22H2,1-12H3/b16-15+,26-20+/t23-,24+,25-,27?,28-,29+,30+,34-,35-/m1/s1. The van der Waals surface area contributed by atoms with Gasteiger partial charge in [-0.2, -0.15) is 0 Å². The molecular weight excluding hydrogens is 480 g/mol. The molecular formula is C35H60O2Si. The molecule has 0 N–H and O–H groups in total. The van der Waals surface area contributed by atoms with Crippen LogP contribution in [0.3, 0.4) is 0 Å². The molecule has 0 heterocycles. The van der Waals surface area contributed by atoms with E-state index in [0.29, 0.717) is 46.2 Å². The lowest BCUT2D eigenvalue weighted by Crippen LogP contribution is -2.46. The Balaban J connectivity index is 1.48. The molecule has 0 amide bonds. The Morgan fingerprint density at radius 3 is 2.29 bits per heavy atom. The fraction of sp³-hybridized carbons (Fsp3) is 0.857. The van der Waals surface area contributed by atoms with Gasteiger partial charge in [-0.3, -0.25) is 4.79 Å². The van der Waals surface area contributed by atoms with Crippen molar-refractivity contribution in [2.75, 3.05) is 0 Å². The van der Waals surface area contributed by atoms with Crippen LogP contribution in [0.1, 0.15) is 114 Å². The van der Waals surface area contributed by atoms with E-state index in [4.69, 9.17) is 4.43 Å². The first-order chi connectivity index (χ1) is 17.3. The van der Waals surface area contributed by atoms with Crippen LogP contribution >= 0.6 is 0 Å². The van der Waals surface area contributed by atoms with E-state index in [-0.39, 0.29) is 16.6 Å². The van der Waals surface area contributed by atoms with Gasteiger partial charge in [-0.25, -0.2) is 0 Å². The molecule has 216 valence electrons. The Morgan fingerprint density at radius 1 is 1.03 bits per heavy atom. The molecule has 4 rings (SSSR count). The van der Waals surface area contributed by atoms with Crippen molar-refractivity contribution >= 4 is 14.1 Å². The predicted molar refractivity (Wildman–Crippen MR) is 165 cm³/mol. The summed E-state index contributed by atoms with van der Waals surface area (Å²) in [5, 5.41) is 0.142. The van der Waals surface area contributed by atoms with Gasteiger partial charge in [0, 0.05) is 5.41 Å². The predicted octanol–water partition coefficient (Wildman–Crippen LogP) is 10.0. The molecule has 0 aromatic rings. The van der Waals surface area contributed by atoms with Gasteiger partial charge in [0.05, 0.1) is 0 Å². The van der Waals surface area contributed by atoms with Crippen LogP contribution in [0.4, 0.5) is 0 Å². The molecule has 4 aliphatic carbocycles. The summed E-state index contributed by atoms with van der Waals surface area (Å²) in [5.74, 6) is 4.00. The Bertz CT molecular complexity index is 961. The summed E-state index contributed by atoms with van der Waals surface area (Å²) in [6, 6.07) is 0. The van der Waals surface area contributed by atoms with Crippen LogP contribution in [0.15, 0.2) is 23.8 Å². The van der Waals surface area contributed by atoms with Crippen molar-refractivity contribution in [2.24, 2.45) is 51.8 Å². The van der Waals surface area contributed by atoms with Crippen LogP contribution in [-0.4, -0.2) is 20.2 Å². The Kier molecular flexibility index (Phi) is 7.97. The average molecular weight is 541 g/mol. The van der Waals surface area contributed by atoms with Gasteiger partial charge in [0.2, 0.25) is 0 Å². The van der Waals surface area contributed by atoms with E-state index in [1.165, 1.54) is 32.1 Å². The number of carbonyl (C=O) groups excluding carboxylic acids is 1. The molecule has 0 radical (unpaired) electrons. The minimum absolute atomic E-state index is 0.134. The zero-order chi connectivity index (χ0) is 28.5. The molecule has 0 aromatic carbocycles. The topological polar surface area (TPSA) is 26.3 Å². The molecule has 1 unspecified atom stereocenters. The minimum Gasteiger partial charge on any atom is -0.407 e. The Hall–Kier alpha value is -0.673. The van der Waals surface area contributed by atoms with Crippen molar-refractivity contribution in [3.63, 3.8) is 0 Å². The van der Waals surface area contributed by atoms with E-state index < -0.39 is 8.32 Å². The molecule has 0 aromatic heterocycles. The van der Waals surface area contributed by atoms with E-state index in [2.05, 4.69) is 101 Å². The molecule has 0 bridgehead atoms. The second kappa shape index (κ2) is 10.0. The summed E-state index contributed by atoms with van der Waals surface area (Å²) >= 11 is 0. The van der Waals surface area contributed by atoms with E-state index in [9.17, 15) is 4.79 Å². The van der Waals surface area contributed by atoms with Gasteiger partial charge in [0.1, 0.15) is 6.10 Å². The van der Waals surface area contributed by atoms with Crippen molar-refractivity contribution in [1.82, 2.24) is 0 Å². The molecule has 9 atom stereocenters. The molecule has 0 saturated heterocycles. The minimum atomic E-state index is -1.94. The smallest absolute Gasteiger partial charge is 0.193 e. The van der Waals surface area contributed by atoms with Gasteiger partial charge < -0.3 is 4.43 Å². The van der Waals surface area contributed by atoms with Crippen molar-refractivity contribution in [2.45, 2.75) is 138 Å². The average Bonchev–Trinajstić information content (AvgIpc) is 3.30. The van der Waals surface area contributed by atoms with E-state index in [0.717, 1.165) is 18.8 Å². The second-order valence-corrected chi connectivity index (χ2v) is 21.7. The normalized spacial score (nSPS) is 39.4. The fourth-order valence-electron chi connectivity index (χ4n) is 8.40. The van der Waals surface area contributed by atoms with Gasteiger partial charge in [-0.1, -0.05) is 93.0 Å². The van der Waals surface area contributed by atoms with E-state index in [1.807, 2.05) is 0 Å². The lowest BCUT2D eigenvalue weighted by Gasteiger charge is -2.44. The summed E-state index contributed by atoms with van der Waals surface area (Å²) in [5.41, 5.74) is 2.27. The highest BCUT2D eigenvalue weighted by Gasteiger charge is 2.69. The number of carbonyl (C=O) groups is 1. The van der Waals surface area contributed by atoms with Crippen molar-refractivity contribution < 1.29 is 9.22 Å². The maximum absolute atomic E-state index is 13.8. The van der Waals surface area contributed by atoms with Gasteiger partial charge >= 0.3 is 0 Å². The van der Waals surface area contributed by atoms with Crippen LogP contribution < -0.4 is 0 Å². The van der Waals surface area contributed by atoms with Crippen LogP contribution in [0.5, 0.6) is 0 Å². The van der Waals surface area contributed by atoms with Gasteiger partial charge in [0.25, 0.3) is 0 Å². The Morgan fingerprint density at radius 2 is 1.68 bits per heavy atom. The lowest BCUT2D eigenvalue weighted by atomic mass is 9.60. The number of fused-ring (bicyclic) bond motifs is 2. The van der Waals surface area contributed by atoms with Crippen LogP contribution in [0, 0.1) is 51.8 Å². The Labute approximate surface area is 237 Å². The zero-order valence-corrected chi connectivity index (χ0v) is 28.0. The van der Waals surface area contributed by atoms with Crippen LogP contribution in [0.25, 0.3) is 0 Å². The third kappa shape index (κ3) is 5.22. The highest BCUT2D eigenvalue weighted by molar-refractivity contribution is 6.74. The number of ketones is 1. The summed E-state index contributed by atoms with van der Waals surface area (Å²) in [4.78, 5) is 13.8. The van der Waals surface area contributed by atoms with E-state index >= 15 is 0 Å². The molecule has 2 nitrogen and oxygen atoms in total. The molecule has 0 aliphatic heterocycles. The second-order valence-electron chi connectivity index (χ2n) is 16.9. The summed E-state index contributed by atoms with van der Waals surface area (Å²) < 4.78 is 6.69. The first kappa shape index (κ1) is 30.3. The van der Waals surface area contributed by atoms with Crippen LogP contribution in [-0.2, 0) is 9.22 Å².